The van der Waals surface area contributed by atoms with Crippen molar-refractivity contribution in [1.82, 2.24) is 24.4 Å². The normalized spacial score (nSPS) is 17.4. The highest BCUT2D eigenvalue weighted by atomic mass is 16.5. The number of benzene rings is 1. The van der Waals surface area contributed by atoms with Gasteiger partial charge in [0.1, 0.15) is 5.82 Å². The highest BCUT2D eigenvalue weighted by Crippen LogP contribution is 2.32. The van der Waals surface area contributed by atoms with Crippen LogP contribution in [0.3, 0.4) is 0 Å². The van der Waals surface area contributed by atoms with Crippen LogP contribution in [-0.2, 0) is 17.8 Å². The molecule has 146 valence electrons. The van der Waals surface area contributed by atoms with Crippen LogP contribution in [0.2, 0.25) is 0 Å². The van der Waals surface area contributed by atoms with Crippen LogP contribution in [0.25, 0.3) is 10.9 Å². The maximum atomic E-state index is 13.1. The van der Waals surface area contributed by atoms with E-state index in [0.717, 1.165) is 42.1 Å². The third kappa shape index (κ3) is 3.68. The predicted molar refractivity (Wildman–Crippen MR) is 107 cm³/mol. The van der Waals surface area contributed by atoms with E-state index in [-0.39, 0.29) is 11.6 Å². The molecule has 0 radical (unpaired) electrons. The van der Waals surface area contributed by atoms with Gasteiger partial charge in [-0.1, -0.05) is 12.1 Å². The van der Waals surface area contributed by atoms with Crippen LogP contribution in [0, 0.1) is 6.92 Å². The lowest BCUT2D eigenvalue weighted by atomic mass is 10.1. The minimum atomic E-state index is -0.000345. The van der Waals surface area contributed by atoms with Crippen molar-refractivity contribution < 1.29 is 4.74 Å². The molecule has 0 spiro atoms. The van der Waals surface area contributed by atoms with E-state index in [0.29, 0.717) is 25.1 Å². The summed E-state index contributed by atoms with van der Waals surface area (Å²) in [5.41, 5.74) is 2.59. The molecule has 28 heavy (non-hydrogen) atoms. The summed E-state index contributed by atoms with van der Waals surface area (Å²) in [7, 11) is 1.65. The number of rotatable bonds is 6. The van der Waals surface area contributed by atoms with Crippen LogP contribution in [-0.4, -0.2) is 44.7 Å². The molecule has 1 unspecified atom stereocenters. The zero-order valence-electron chi connectivity index (χ0n) is 16.3. The highest BCUT2D eigenvalue weighted by molar-refractivity contribution is 5.77. The summed E-state index contributed by atoms with van der Waals surface area (Å²) in [6.07, 6.45) is 5.66. The van der Waals surface area contributed by atoms with Crippen molar-refractivity contribution in [1.29, 1.82) is 0 Å². The number of nitrogens with zero attached hydrogens (tertiary/aromatic N) is 5. The lowest BCUT2D eigenvalue weighted by molar-refractivity contribution is 0.178. The number of aryl methyl sites for hydroxylation is 1. The van der Waals surface area contributed by atoms with Gasteiger partial charge in [-0.25, -0.2) is 4.98 Å². The zero-order valence-corrected chi connectivity index (χ0v) is 16.3. The van der Waals surface area contributed by atoms with Crippen molar-refractivity contribution in [3.8, 4) is 0 Å². The Morgan fingerprint density at radius 1 is 1.21 bits per heavy atom. The number of fused-ring (bicyclic) bond motifs is 1. The van der Waals surface area contributed by atoms with E-state index in [1.165, 1.54) is 0 Å². The molecular weight excluding hydrogens is 354 g/mol. The first kappa shape index (κ1) is 18.7. The molecule has 1 saturated heterocycles. The monoisotopic (exact) mass is 379 g/mol. The SMILES string of the molecule is COCCn1c(C2CCCN2Cc2cnc(C)cn2)nc2ccccc2c1=O. The number of methoxy groups -OCH3 is 1. The molecule has 3 aromatic rings. The summed E-state index contributed by atoms with van der Waals surface area (Å²) < 4.78 is 7.03. The summed E-state index contributed by atoms with van der Waals surface area (Å²) >= 11 is 0. The second kappa shape index (κ2) is 8.16. The van der Waals surface area contributed by atoms with Gasteiger partial charge in [0, 0.05) is 26.0 Å². The van der Waals surface area contributed by atoms with Gasteiger partial charge in [0.15, 0.2) is 0 Å². The molecular formula is C21H25N5O2. The molecule has 7 nitrogen and oxygen atoms in total. The molecule has 1 aliphatic rings. The molecule has 7 heteroatoms. The standard InChI is InChI=1S/C21H25N5O2/c1-15-12-23-16(13-22-15)14-25-9-5-8-19(25)20-24-18-7-4-3-6-17(18)21(27)26(20)10-11-28-2/h3-4,6-7,12-13,19H,5,8-11,14H2,1-2H3. The smallest absolute Gasteiger partial charge is 0.261 e. The van der Waals surface area contributed by atoms with Crippen LogP contribution < -0.4 is 5.56 Å². The van der Waals surface area contributed by atoms with Crippen LogP contribution in [0.1, 0.15) is 36.1 Å². The molecule has 0 N–H and O–H groups in total. The lowest BCUT2D eigenvalue weighted by Crippen LogP contribution is -2.33. The number of aromatic nitrogens is 4. The van der Waals surface area contributed by atoms with E-state index in [1.807, 2.05) is 37.4 Å². The van der Waals surface area contributed by atoms with Gasteiger partial charge >= 0.3 is 0 Å². The van der Waals surface area contributed by atoms with Crippen molar-refractivity contribution in [2.75, 3.05) is 20.3 Å². The first-order chi connectivity index (χ1) is 13.7. The van der Waals surface area contributed by atoms with Gasteiger partial charge in [-0.05, 0) is 38.4 Å². The average molecular weight is 379 g/mol. The van der Waals surface area contributed by atoms with Gasteiger partial charge in [-0.15, -0.1) is 0 Å². The van der Waals surface area contributed by atoms with Gasteiger partial charge < -0.3 is 4.74 Å². The Kier molecular flexibility index (Phi) is 5.45. The first-order valence-corrected chi connectivity index (χ1v) is 9.67. The van der Waals surface area contributed by atoms with Crippen molar-refractivity contribution >= 4 is 10.9 Å². The largest absolute Gasteiger partial charge is 0.383 e. The molecule has 0 amide bonds. The Hall–Kier alpha value is -2.64. The topological polar surface area (TPSA) is 73.1 Å². The summed E-state index contributed by atoms with van der Waals surface area (Å²) in [5, 5.41) is 0.649. The maximum Gasteiger partial charge on any atom is 0.261 e. The molecule has 4 rings (SSSR count). The van der Waals surface area contributed by atoms with Crippen LogP contribution >= 0.6 is 0 Å². The Labute approximate surface area is 164 Å². The minimum absolute atomic E-state index is 0.000345. The fourth-order valence-corrected chi connectivity index (χ4v) is 3.86. The zero-order chi connectivity index (χ0) is 19.5. The van der Waals surface area contributed by atoms with Crippen LogP contribution in [0.4, 0.5) is 0 Å². The quantitative estimate of drug-likeness (QED) is 0.655. The molecule has 2 aromatic heterocycles. The molecule has 1 aliphatic heterocycles. The maximum absolute atomic E-state index is 13.1. The Balaban J connectivity index is 1.73. The second-order valence-corrected chi connectivity index (χ2v) is 7.21. The highest BCUT2D eigenvalue weighted by Gasteiger charge is 2.30. The Bertz CT molecular complexity index is 1020. The van der Waals surface area contributed by atoms with Crippen molar-refractivity contribution in [3.63, 3.8) is 0 Å². The van der Waals surface area contributed by atoms with E-state index in [9.17, 15) is 4.79 Å². The van der Waals surface area contributed by atoms with Gasteiger partial charge in [0.2, 0.25) is 0 Å². The molecule has 3 heterocycles. The molecule has 1 atom stereocenters. The fourth-order valence-electron chi connectivity index (χ4n) is 3.86. The average Bonchev–Trinajstić information content (AvgIpc) is 3.17. The Morgan fingerprint density at radius 2 is 2.07 bits per heavy atom. The number of likely N-dealkylation sites (tertiary alicyclic amines) is 1. The number of ether oxygens (including phenoxy) is 1. The molecule has 1 fully saturated rings. The fraction of sp³-hybridized carbons (Fsp3) is 0.429. The van der Waals surface area contributed by atoms with Crippen molar-refractivity contribution in [3.05, 3.63) is 64.2 Å². The Morgan fingerprint density at radius 3 is 2.86 bits per heavy atom. The van der Waals surface area contributed by atoms with Gasteiger partial charge in [0.25, 0.3) is 5.56 Å². The summed E-state index contributed by atoms with van der Waals surface area (Å²) in [4.78, 5) is 29.2. The van der Waals surface area contributed by atoms with Gasteiger partial charge in [-0.3, -0.25) is 24.2 Å². The third-order valence-corrected chi connectivity index (χ3v) is 5.27. The third-order valence-electron chi connectivity index (χ3n) is 5.27. The first-order valence-electron chi connectivity index (χ1n) is 9.67. The van der Waals surface area contributed by atoms with E-state index in [2.05, 4.69) is 14.9 Å². The minimum Gasteiger partial charge on any atom is -0.383 e. The number of hydrogen-bond acceptors (Lipinski definition) is 6. The predicted octanol–water partition coefficient (Wildman–Crippen LogP) is 2.48. The van der Waals surface area contributed by atoms with Crippen LogP contribution in [0.5, 0.6) is 0 Å². The second-order valence-electron chi connectivity index (χ2n) is 7.21. The molecule has 0 bridgehead atoms. The van der Waals surface area contributed by atoms with Gasteiger partial charge in [0.05, 0.1) is 41.5 Å². The lowest BCUT2D eigenvalue weighted by Gasteiger charge is -2.26. The molecule has 0 aliphatic carbocycles. The molecule has 0 saturated carbocycles. The van der Waals surface area contributed by atoms with Gasteiger partial charge in [-0.2, -0.15) is 0 Å². The van der Waals surface area contributed by atoms with E-state index in [4.69, 9.17) is 9.72 Å². The van der Waals surface area contributed by atoms with Crippen molar-refractivity contribution in [2.45, 2.75) is 38.9 Å². The van der Waals surface area contributed by atoms with E-state index < -0.39 is 0 Å². The number of para-hydroxylation sites is 1. The van der Waals surface area contributed by atoms with Crippen molar-refractivity contribution in [2.24, 2.45) is 0 Å². The van der Waals surface area contributed by atoms with E-state index >= 15 is 0 Å². The van der Waals surface area contributed by atoms with E-state index in [1.54, 1.807) is 17.9 Å². The number of hydrogen-bond donors (Lipinski definition) is 0. The van der Waals surface area contributed by atoms with Crippen LogP contribution in [0.15, 0.2) is 41.5 Å². The summed E-state index contributed by atoms with van der Waals surface area (Å²) in [6.45, 7) is 4.56. The molecule has 1 aromatic carbocycles. The summed E-state index contributed by atoms with van der Waals surface area (Å²) in [5.74, 6) is 0.818. The summed E-state index contributed by atoms with van der Waals surface area (Å²) in [6, 6.07) is 7.63.